The summed E-state index contributed by atoms with van der Waals surface area (Å²) in [7, 11) is -3.74. The third kappa shape index (κ3) is 4.23. The molecular formula is C19H17NO4S3. The molecular weight excluding hydrogens is 402 g/mol. The monoisotopic (exact) mass is 419 g/mol. The predicted octanol–water partition coefficient (Wildman–Crippen LogP) is 4.61. The van der Waals surface area contributed by atoms with Crippen molar-refractivity contribution >= 4 is 38.8 Å². The second-order valence-corrected chi connectivity index (χ2v) is 9.31. The van der Waals surface area contributed by atoms with Crippen molar-refractivity contribution in [1.82, 2.24) is 0 Å². The number of para-hydroxylation sites is 1. The first kappa shape index (κ1) is 18.2. The van der Waals surface area contributed by atoms with Gasteiger partial charge in [0.25, 0.3) is 10.0 Å². The van der Waals surface area contributed by atoms with E-state index >= 15 is 0 Å². The Hall–Kier alpha value is -2.16. The lowest BCUT2D eigenvalue weighted by molar-refractivity contribution is 0.171. The maximum atomic E-state index is 12.9. The van der Waals surface area contributed by atoms with Gasteiger partial charge in [-0.1, -0.05) is 12.1 Å². The van der Waals surface area contributed by atoms with Crippen LogP contribution >= 0.6 is 23.1 Å². The smallest absolute Gasteiger partial charge is 0.262 e. The van der Waals surface area contributed by atoms with E-state index in [0.29, 0.717) is 30.4 Å². The van der Waals surface area contributed by atoms with Crippen LogP contribution in [0.15, 0.2) is 69.1 Å². The molecule has 2 aromatic carbocycles. The van der Waals surface area contributed by atoms with Gasteiger partial charge in [-0.05, 0) is 46.7 Å². The van der Waals surface area contributed by atoms with E-state index in [2.05, 4.69) is 16.2 Å². The van der Waals surface area contributed by atoms with E-state index in [1.807, 2.05) is 23.6 Å². The Bertz CT molecular complexity index is 1030. The lowest BCUT2D eigenvalue weighted by atomic mass is 10.3. The van der Waals surface area contributed by atoms with Gasteiger partial charge >= 0.3 is 0 Å². The fraction of sp³-hybridized carbons (Fsp3) is 0.158. The molecule has 5 nitrogen and oxygen atoms in total. The number of thiophene rings is 1. The minimum absolute atomic E-state index is 0.143. The molecule has 2 heterocycles. The summed E-state index contributed by atoms with van der Waals surface area (Å²) >= 11 is 3.25. The van der Waals surface area contributed by atoms with E-state index in [1.165, 1.54) is 17.7 Å². The number of thioether (sulfide) groups is 1. The second-order valence-electron chi connectivity index (χ2n) is 5.83. The molecule has 140 valence electrons. The highest BCUT2D eigenvalue weighted by molar-refractivity contribution is 7.98. The first-order valence-electron chi connectivity index (χ1n) is 8.27. The number of benzene rings is 2. The van der Waals surface area contributed by atoms with Crippen LogP contribution in [0.4, 0.5) is 5.69 Å². The molecule has 1 N–H and O–H groups in total. The zero-order chi connectivity index (χ0) is 18.7. The fourth-order valence-corrected chi connectivity index (χ4v) is 5.49. The highest BCUT2D eigenvalue weighted by Crippen LogP contribution is 2.35. The molecule has 1 aliphatic heterocycles. The van der Waals surface area contributed by atoms with Crippen LogP contribution in [-0.4, -0.2) is 21.6 Å². The standard InChI is InChI=1S/C19H17NO4S3/c21-27(22,15-5-6-17-18(11-15)24-9-8-23-17)20-16-3-1-2-4-19(16)26-13-14-7-10-25-12-14/h1-7,10-12,20H,8-9,13H2. The van der Waals surface area contributed by atoms with Crippen LogP contribution < -0.4 is 14.2 Å². The van der Waals surface area contributed by atoms with Gasteiger partial charge < -0.3 is 9.47 Å². The summed E-state index contributed by atoms with van der Waals surface area (Å²) in [5.41, 5.74) is 1.78. The van der Waals surface area contributed by atoms with Crippen molar-refractivity contribution < 1.29 is 17.9 Å². The number of hydrogen-bond acceptors (Lipinski definition) is 6. The minimum Gasteiger partial charge on any atom is -0.486 e. The van der Waals surface area contributed by atoms with Crippen molar-refractivity contribution in [3.05, 3.63) is 64.9 Å². The van der Waals surface area contributed by atoms with Gasteiger partial charge in [0.1, 0.15) is 13.2 Å². The summed E-state index contributed by atoms with van der Waals surface area (Å²) in [6.45, 7) is 0.873. The zero-order valence-corrected chi connectivity index (χ0v) is 16.7. The summed E-state index contributed by atoms with van der Waals surface area (Å²) in [6, 6.07) is 14.1. The van der Waals surface area contributed by atoms with Crippen LogP contribution in [0.5, 0.6) is 11.5 Å². The van der Waals surface area contributed by atoms with Gasteiger partial charge in [-0.15, -0.1) is 11.8 Å². The summed E-state index contributed by atoms with van der Waals surface area (Å²) in [5.74, 6) is 1.79. The van der Waals surface area contributed by atoms with Gasteiger partial charge in [0.2, 0.25) is 0 Å². The molecule has 0 saturated carbocycles. The van der Waals surface area contributed by atoms with Gasteiger partial charge in [0, 0.05) is 16.7 Å². The summed E-state index contributed by atoms with van der Waals surface area (Å²) in [6.07, 6.45) is 0. The third-order valence-electron chi connectivity index (χ3n) is 3.93. The van der Waals surface area contributed by atoms with Crippen molar-refractivity contribution in [2.75, 3.05) is 17.9 Å². The molecule has 0 saturated heterocycles. The number of nitrogens with one attached hydrogen (secondary N) is 1. The third-order valence-corrected chi connectivity index (χ3v) is 7.17. The number of anilines is 1. The van der Waals surface area contributed by atoms with Crippen LogP contribution in [0.25, 0.3) is 0 Å². The normalized spacial score (nSPS) is 13.3. The summed E-state index contributed by atoms with van der Waals surface area (Å²) < 4.78 is 39.4. The number of fused-ring (bicyclic) bond motifs is 1. The fourth-order valence-electron chi connectivity index (χ4n) is 2.61. The van der Waals surface area contributed by atoms with Crippen molar-refractivity contribution in [2.45, 2.75) is 15.5 Å². The van der Waals surface area contributed by atoms with Gasteiger partial charge in [0.05, 0.1) is 10.6 Å². The molecule has 0 amide bonds. The SMILES string of the molecule is O=S(=O)(Nc1ccccc1SCc1ccsc1)c1ccc2c(c1)OCCO2. The molecule has 8 heteroatoms. The minimum atomic E-state index is -3.74. The maximum Gasteiger partial charge on any atom is 0.262 e. The molecule has 4 rings (SSSR count). The molecule has 3 aromatic rings. The zero-order valence-electron chi connectivity index (χ0n) is 14.3. The van der Waals surface area contributed by atoms with Gasteiger partial charge in [-0.25, -0.2) is 8.42 Å². The number of rotatable bonds is 6. The summed E-state index contributed by atoms with van der Waals surface area (Å²) in [5, 5.41) is 4.13. The van der Waals surface area contributed by atoms with Crippen molar-refractivity contribution in [1.29, 1.82) is 0 Å². The Balaban J connectivity index is 1.56. The molecule has 0 atom stereocenters. The first-order chi connectivity index (χ1) is 13.1. The number of hydrogen-bond donors (Lipinski definition) is 1. The number of sulfonamides is 1. The van der Waals surface area contributed by atoms with Gasteiger partial charge in [0.15, 0.2) is 11.5 Å². The van der Waals surface area contributed by atoms with E-state index in [1.54, 1.807) is 35.2 Å². The van der Waals surface area contributed by atoms with Crippen molar-refractivity contribution in [3.63, 3.8) is 0 Å². The highest BCUT2D eigenvalue weighted by Gasteiger charge is 2.20. The Morgan fingerprint density at radius 1 is 1.04 bits per heavy atom. The van der Waals surface area contributed by atoms with Crippen LogP contribution in [0.2, 0.25) is 0 Å². The molecule has 0 spiro atoms. The lowest BCUT2D eigenvalue weighted by Crippen LogP contribution is -2.17. The lowest BCUT2D eigenvalue weighted by Gasteiger charge is -2.19. The molecule has 0 unspecified atom stereocenters. The molecule has 0 bridgehead atoms. The van der Waals surface area contributed by atoms with Gasteiger partial charge in [-0.2, -0.15) is 11.3 Å². The van der Waals surface area contributed by atoms with E-state index in [4.69, 9.17) is 9.47 Å². The molecule has 0 radical (unpaired) electrons. The Morgan fingerprint density at radius 3 is 2.67 bits per heavy atom. The topological polar surface area (TPSA) is 64.6 Å². The molecule has 1 aliphatic rings. The quantitative estimate of drug-likeness (QED) is 0.591. The average Bonchev–Trinajstić information content (AvgIpc) is 3.20. The number of ether oxygens (including phenoxy) is 2. The Morgan fingerprint density at radius 2 is 1.85 bits per heavy atom. The second kappa shape index (κ2) is 7.84. The van der Waals surface area contributed by atoms with E-state index < -0.39 is 10.0 Å². The molecule has 0 aliphatic carbocycles. The molecule has 1 aromatic heterocycles. The van der Waals surface area contributed by atoms with E-state index in [0.717, 1.165) is 10.6 Å². The first-order valence-corrected chi connectivity index (χ1v) is 11.7. The Labute approximate surface area is 166 Å². The van der Waals surface area contributed by atoms with E-state index in [-0.39, 0.29) is 4.90 Å². The van der Waals surface area contributed by atoms with Crippen molar-refractivity contribution in [3.8, 4) is 11.5 Å². The van der Waals surface area contributed by atoms with Crippen LogP contribution in [-0.2, 0) is 15.8 Å². The maximum absolute atomic E-state index is 12.9. The van der Waals surface area contributed by atoms with Crippen molar-refractivity contribution in [2.24, 2.45) is 0 Å². The highest BCUT2D eigenvalue weighted by atomic mass is 32.2. The van der Waals surface area contributed by atoms with Gasteiger partial charge in [-0.3, -0.25) is 4.72 Å². The average molecular weight is 420 g/mol. The molecule has 27 heavy (non-hydrogen) atoms. The predicted molar refractivity (Wildman–Crippen MR) is 109 cm³/mol. The largest absolute Gasteiger partial charge is 0.486 e. The molecule has 0 fully saturated rings. The van der Waals surface area contributed by atoms with Crippen LogP contribution in [0, 0.1) is 0 Å². The van der Waals surface area contributed by atoms with E-state index in [9.17, 15) is 8.42 Å². The van der Waals surface area contributed by atoms with Crippen LogP contribution in [0.1, 0.15) is 5.56 Å². The Kier molecular flexibility index (Phi) is 5.29. The summed E-state index contributed by atoms with van der Waals surface area (Å²) in [4.78, 5) is 1.02. The van der Waals surface area contributed by atoms with Crippen LogP contribution in [0.3, 0.4) is 0 Å².